The molecule has 0 aliphatic carbocycles. The van der Waals surface area contributed by atoms with Crippen molar-refractivity contribution < 1.29 is 0 Å². The summed E-state index contributed by atoms with van der Waals surface area (Å²) in [5, 5.41) is 8.21. The number of nitrogens with zero attached hydrogens (tertiary/aromatic N) is 3. The van der Waals surface area contributed by atoms with Crippen LogP contribution in [-0.2, 0) is 6.54 Å². The van der Waals surface area contributed by atoms with Crippen LogP contribution in [0.5, 0.6) is 0 Å². The molecule has 3 N–H and O–H groups in total. The Morgan fingerprint density at radius 3 is 3.15 bits per heavy atom. The summed E-state index contributed by atoms with van der Waals surface area (Å²) in [5.41, 5.74) is 5.40. The van der Waals surface area contributed by atoms with Crippen molar-refractivity contribution in [2.24, 2.45) is 5.84 Å². The Hall–Kier alpha value is -1.37. The number of aryl methyl sites for hydroxylation is 1. The number of aromatic nitrogens is 3. The van der Waals surface area contributed by atoms with E-state index in [0.29, 0.717) is 5.92 Å². The first kappa shape index (κ1) is 13.6. The molecule has 3 rings (SSSR count). The van der Waals surface area contributed by atoms with Crippen LogP contribution in [-0.4, -0.2) is 20.7 Å². The molecule has 0 radical (unpaired) electrons. The highest BCUT2D eigenvalue weighted by molar-refractivity contribution is 7.99. The molecule has 1 aromatic heterocycles. The molecular formula is C14H19N5S. The van der Waals surface area contributed by atoms with Crippen molar-refractivity contribution in [1.82, 2.24) is 20.4 Å². The number of thioether (sulfide) groups is 1. The summed E-state index contributed by atoms with van der Waals surface area (Å²) in [4.78, 5) is 1.35. The topological polar surface area (TPSA) is 68.8 Å². The van der Waals surface area contributed by atoms with E-state index in [1.807, 2.05) is 22.6 Å². The van der Waals surface area contributed by atoms with E-state index in [1.54, 1.807) is 0 Å². The van der Waals surface area contributed by atoms with Crippen LogP contribution in [0.25, 0.3) is 0 Å². The summed E-state index contributed by atoms with van der Waals surface area (Å²) in [6.45, 7) is 3.01. The van der Waals surface area contributed by atoms with Gasteiger partial charge in [0.2, 0.25) is 0 Å². The molecule has 0 bridgehead atoms. The highest BCUT2D eigenvalue weighted by Crippen LogP contribution is 2.45. The summed E-state index contributed by atoms with van der Waals surface area (Å²) in [5.74, 6) is 7.23. The monoisotopic (exact) mass is 289 g/mol. The molecule has 0 amide bonds. The van der Waals surface area contributed by atoms with Gasteiger partial charge >= 0.3 is 0 Å². The van der Waals surface area contributed by atoms with Crippen LogP contribution in [0.2, 0.25) is 0 Å². The number of hydrazine groups is 1. The van der Waals surface area contributed by atoms with Crippen molar-refractivity contribution in [3.63, 3.8) is 0 Å². The second-order valence-corrected chi connectivity index (χ2v) is 6.04. The molecule has 20 heavy (non-hydrogen) atoms. The van der Waals surface area contributed by atoms with Crippen molar-refractivity contribution >= 4 is 11.8 Å². The number of hydrogen-bond donors (Lipinski definition) is 2. The predicted octanol–water partition coefficient (Wildman–Crippen LogP) is 2.08. The maximum Gasteiger partial charge on any atom is 0.0776 e. The van der Waals surface area contributed by atoms with Gasteiger partial charge in [-0.05, 0) is 18.1 Å². The van der Waals surface area contributed by atoms with Gasteiger partial charge in [-0.15, -0.1) is 16.9 Å². The zero-order chi connectivity index (χ0) is 13.9. The maximum absolute atomic E-state index is 5.84. The zero-order valence-corrected chi connectivity index (χ0v) is 12.3. The third-order valence-electron chi connectivity index (χ3n) is 3.72. The predicted molar refractivity (Wildman–Crippen MR) is 80.3 cm³/mol. The van der Waals surface area contributed by atoms with Gasteiger partial charge < -0.3 is 0 Å². The minimum absolute atomic E-state index is 0.0488. The van der Waals surface area contributed by atoms with Crippen molar-refractivity contribution in [3.05, 3.63) is 41.7 Å². The molecule has 0 spiro atoms. The van der Waals surface area contributed by atoms with E-state index >= 15 is 0 Å². The summed E-state index contributed by atoms with van der Waals surface area (Å²) in [7, 11) is 0. The molecule has 2 unspecified atom stereocenters. The van der Waals surface area contributed by atoms with Crippen LogP contribution < -0.4 is 11.3 Å². The molecule has 2 heterocycles. The third kappa shape index (κ3) is 2.34. The number of fused-ring (bicyclic) bond motifs is 1. The average Bonchev–Trinajstić information content (AvgIpc) is 3.09. The van der Waals surface area contributed by atoms with Crippen LogP contribution in [0.1, 0.15) is 36.6 Å². The van der Waals surface area contributed by atoms with Crippen LogP contribution >= 0.6 is 11.8 Å². The standard InChI is InChI=1S/C14H19N5S/c1-2-7-19-12(8-16-18-19)14(17-15)11-9-20-13-6-4-3-5-10(11)13/h3-6,8,11,14,17H,2,7,9,15H2,1H3. The van der Waals surface area contributed by atoms with Gasteiger partial charge in [0.25, 0.3) is 0 Å². The van der Waals surface area contributed by atoms with Gasteiger partial charge in [-0.3, -0.25) is 11.3 Å². The quantitative estimate of drug-likeness (QED) is 0.651. The molecular weight excluding hydrogens is 270 g/mol. The first-order valence-electron chi connectivity index (χ1n) is 6.91. The normalized spacial score (nSPS) is 19.0. The Kier molecular flexibility index (Phi) is 4.05. The Morgan fingerprint density at radius 2 is 2.35 bits per heavy atom. The zero-order valence-electron chi connectivity index (χ0n) is 11.5. The SMILES string of the molecule is CCCn1nncc1C(NN)C1CSc2ccccc21. The molecule has 0 saturated heterocycles. The minimum atomic E-state index is 0.0488. The van der Waals surface area contributed by atoms with E-state index in [9.17, 15) is 0 Å². The largest absolute Gasteiger partial charge is 0.271 e. The Bertz CT molecular complexity index is 582. The number of nitrogens with two attached hydrogens (primary N) is 1. The van der Waals surface area contributed by atoms with E-state index in [0.717, 1.165) is 24.4 Å². The molecule has 2 aromatic rings. The van der Waals surface area contributed by atoms with Gasteiger partial charge in [-0.25, -0.2) is 4.68 Å². The van der Waals surface area contributed by atoms with Gasteiger partial charge in [-0.1, -0.05) is 30.3 Å². The van der Waals surface area contributed by atoms with Crippen LogP contribution in [0.4, 0.5) is 0 Å². The smallest absolute Gasteiger partial charge is 0.0776 e. The lowest BCUT2D eigenvalue weighted by molar-refractivity contribution is 0.434. The molecule has 1 aromatic carbocycles. The van der Waals surface area contributed by atoms with Gasteiger partial charge in [0.05, 0.1) is 17.9 Å². The lowest BCUT2D eigenvalue weighted by atomic mass is 9.92. The van der Waals surface area contributed by atoms with E-state index in [2.05, 4.69) is 46.9 Å². The molecule has 2 atom stereocenters. The number of hydrogen-bond acceptors (Lipinski definition) is 5. The van der Waals surface area contributed by atoms with Crippen molar-refractivity contribution in [1.29, 1.82) is 0 Å². The molecule has 106 valence electrons. The van der Waals surface area contributed by atoms with E-state index in [1.165, 1.54) is 10.5 Å². The second-order valence-electron chi connectivity index (χ2n) is 4.98. The minimum Gasteiger partial charge on any atom is -0.271 e. The van der Waals surface area contributed by atoms with Crippen LogP contribution in [0.15, 0.2) is 35.4 Å². The van der Waals surface area contributed by atoms with Gasteiger partial charge in [0, 0.05) is 23.1 Å². The maximum atomic E-state index is 5.84. The summed E-state index contributed by atoms with van der Waals surface area (Å²) in [6.07, 6.45) is 2.86. The number of rotatable bonds is 5. The van der Waals surface area contributed by atoms with Crippen LogP contribution in [0, 0.1) is 0 Å². The van der Waals surface area contributed by atoms with Crippen LogP contribution in [0.3, 0.4) is 0 Å². The second kappa shape index (κ2) is 5.95. The van der Waals surface area contributed by atoms with Crippen molar-refractivity contribution in [2.75, 3.05) is 5.75 Å². The van der Waals surface area contributed by atoms with Gasteiger partial charge in [0.15, 0.2) is 0 Å². The molecule has 0 fully saturated rings. The first-order chi connectivity index (χ1) is 9.85. The Morgan fingerprint density at radius 1 is 1.50 bits per heavy atom. The molecule has 6 heteroatoms. The van der Waals surface area contributed by atoms with Crippen molar-refractivity contribution in [3.8, 4) is 0 Å². The van der Waals surface area contributed by atoms with E-state index in [-0.39, 0.29) is 6.04 Å². The summed E-state index contributed by atoms with van der Waals surface area (Å²) in [6, 6.07) is 8.59. The molecule has 1 aliphatic heterocycles. The fraction of sp³-hybridized carbons (Fsp3) is 0.429. The number of benzene rings is 1. The highest BCUT2D eigenvalue weighted by Gasteiger charge is 2.32. The lowest BCUT2D eigenvalue weighted by Gasteiger charge is -2.23. The van der Waals surface area contributed by atoms with Crippen molar-refractivity contribution in [2.45, 2.75) is 36.7 Å². The molecule has 0 saturated carbocycles. The third-order valence-corrected chi connectivity index (χ3v) is 4.93. The average molecular weight is 289 g/mol. The van der Waals surface area contributed by atoms with E-state index < -0.39 is 0 Å². The fourth-order valence-electron chi connectivity index (χ4n) is 2.76. The molecule has 1 aliphatic rings. The Labute approximate surface area is 122 Å². The molecule has 5 nitrogen and oxygen atoms in total. The number of nitrogens with one attached hydrogen (secondary N) is 1. The van der Waals surface area contributed by atoms with Gasteiger partial charge in [0.1, 0.15) is 0 Å². The summed E-state index contributed by atoms with van der Waals surface area (Å²) < 4.78 is 1.95. The fourth-order valence-corrected chi connectivity index (χ4v) is 4.06. The summed E-state index contributed by atoms with van der Waals surface area (Å²) >= 11 is 1.89. The highest BCUT2D eigenvalue weighted by atomic mass is 32.2. The van der Waals surface area contributed by atoms with Gasteiger partial charge in [-0.2, -0.15) is 0 Å². The first-order valence-corrected chi connectivity index (χ1v) is 7.90. The Balaban J connectivity index is 1.93. The van der Waals surface area contributed by atoms with E-state index in [4.69, 9.17) is 5.84 Å². The lowest BCUT2D eigenvalue weighted by Crippen LogP contribution is -2.34.